The maximum Gasteiger partial charge on any atom is 0.326 e. The Morgan fingerprint density at radius 1 is 1.30 bits per heavy atom. The first kappa shape index (κ1) is 18.9. The smallest absolute Gasteiger partial charge is 0.326 e. The van der Waals surface area contributed by atoms with Crippen LogP contribution in [0.1, 0.15) is 30.6 Å². The van der Waals surface area contributed by atoms with E-state index in [9.17, 15) is 22.4 Å². The Bertz CT molecular complexity index is 703. The average Bonchev–Trinajstić information content (AvgIpc) is 2.37. The minimum atomic E-state index is -3.68. The number of hydrogen-bond acceptors (Lipinski definition) is 4. The highest BCUT2D eigenvalue weighted by atomic mass is 32.2. The maximum absolute atomic E-state index is 13.4. The lowest BCUT2D eigenvalue weighted by atomic mass is 10.0. The molecule has 1 atom stereocenters. The summed E-state index contributed by atoms with van der Waals surface area (Å²) in [5.41, 5.74) is -0.412. The summed E-state index contributed by atoms with van der Waals surface area (Å²) in [5, 5.41) is 11.4. The third-order valence-electron chi connectivity index (χ3n) is 2.83. The van der Waals surface area contributed by atoms with Gasteiger partial charge in [0, 0.05) is 0 Å². The number of carbonyl (C=O) groups is 2. The number of carboxylic acids is 1. The first-order valence-corrected chi connectivity index (χ1v) is 8.69. The molecular weight excluding hydrogens is 327 g/mol. The Morgan fingerprint density at radius 3 is 2.39 bits per heavy atom. The number of amides is 1. The van der Waals surface area contributed by atoms with Gasteiger partial charge < -0.3 is 10.4 Å². The molecule has 9 heteroatoms. The molecule has 0 aliphatic carbocycles. The number of rotatable bonds is 7. The van der Waals surface area contributed by atoms with Crippen molar-refractivity contribution in [3.63, 3.8) is 0 Å². The molecule has 1 rings (SSSR count). The molecule has 0 fully saturated rings. The normalized spacial score (nSPS) is 12.7. The zero-order valence-electron chi connectivity index (χ0n) is 13.0. The Morgan fingerprint density at radius 2 is 1.91 bits per heavy atom. The fourth-order valence-corrected chi connectivity index (χ4v) is 2.50. The van der Waals surface area contributed by atoms with Gasteiger partial charge in [-0.15, -0.1) is 0 Å². The van der Waals surface area contributed by atoms with Crippen molar-refractivity contribution in [2.24, 2.45) is 5.92 Å². The summed E-state index contributed by atoms with van der Waals surface area (Å²) in [6.07, 6.45) is 1.07. The number of anilines is 1. The summed E-state index contributed by atoms with van der Waals surface area (Å²) in [6, 6.07) is 1.78. The third kappa shape index (κ3) is 6.23. The van der Waals surface area contributed by atoms with Gasteiger partial charge in [-0.1, -0.05) is 13.8 Å². The van der Waals surface area contributed by atoms with E-state index in [4.69, 9.17) is 5.11 Å². The van der Waals surface area contributed by atoms with Crippen LogP contribution >= 0.6 is 0 Å². The van der Waals surface area contributed by atoms with Gasteiger partial charge in [0.2, 0.25) is 10.0 Å². The molecule has 1 amide bonds. The fourth-order valence-electron chi connectivity index (χ4n) is 1.92. The molecule has 128 valence electrons. The molecule has 23 heavy (non-hydrogen) atoms. The molecule has 1 aromatic carbocycles. The first-order valence-electron chi connectivity index (χ1n) is 6.80. The van der Waals surface area contributed by atoms with Crippen LogP contribution in [0.4, 0.5) is 10.1 Å². The molecule has 0 aromatic heterocycles. The summed E-state index contributed by atoms with van der Waals surface area (Å²) in [6.45, 7) is 3.59. The molecule has 0 unspecified atom stereocenters. The molecule has 0 bridgehead atoms. The number of sulfonamides is 1. The molecule has 0 saturated heterocycles. The second-order valence-corrected chi connectivity index (χ2v) is 7.31. The maximum atomic E-state index is 13.4. The van der Waals surface area contributed by atoms with Gasteiger partial charge in [-0.05, 0) is 30.5 Å². The van der Waals surface area contributed by atoms with E-state index in [2.05, 4.69) is 10.0 Å². The Kier molecular flexibility index (Phi) is 6.08. The van der Waals surface area contributed by atoms with E-state index in [1.807, 2.05) is 0 Å². The minimum absolute atomic E-state index is 0.0116. The summed E-state index contributed by atoms with van der Waals surface area (Å²) in [7, 11) is -3.68. The molecule has 3 N–H and O–H groups in total. The van der Waals surface area contributed by atoms with Crippen LogP contribution in [0, 0.1) is 11.7 Å². The largest absolute Gasteiger partial charge is 0.480 e. The van der Waals surface area contributed by atoms with E-state index in [-0.39, 0.29) is 23.6 Å². The van der Waals surface area contributed by atoms with Crippen LogP contribution in [0.2, 0.25) is 0 Å². The number of carbonyl (C=O) groups excluding carboxylic acids is 1. The molecule has 0 radical (unpaired) electrons. The SMILES string of the molecule is CC(C)C[C@@H](NC(=O)c1cc(F)ccc1NS(C)(=O)=O)C(=O)O. The average molecular weight is 346 g/mol. The lowest BCUT2D eigenvalue weighted by Crippen LogP contribution is -2.42. The zero-order chi connectivity index (χ0) is 17.8. The molecular formula is C14H19FN2O5S. The van der Waals surface area contributed by atoms with Gasteiger partial charge in [0.05, 0.1) is 17.5 Å². The summed E-state index contributed by atoms with van der Waals surface area (Å²) >= 11 is 0. The van der Waals surface area contributed by atoms with Crippen molar-refractivity contribution in [2.45, 2.75) is 26.3 Å². The van der Waals surface area contributed by atoms with Crippen LogP contribution < -0.4 is 10.0 Å². The standard InChI is InChI=1S/C14H19FN2O5S/c1-8(2)6-12(14(19)20)16-13(18)10-7-9(15)4-5-11(10)17-23(3,21)22/h4-5,7-8,12,17H,6H2,1-3H3,(H,16,18)(H,19,20)/t12-/m1/s1. The Balaban J connectivity index is 3.10. The molecule has 0 saturated carbocycles. The lowest BCUT2D eigenvalue weighted by Gasteiger charge is -2.18. The predicted molar refractivity (Wildman–Crippen MR) is 83.2 cm³/mol. The monoisotopic (exact) mass is 346 g/mol. The van der Waals surface area contributed by atoms with Gasteiger partial charge in [-0.2, -0.15) is 0 Å². The topological polar surface area (TPSA) is 113 Å². The van der Waals surface area contributed by atoms with Gasteiger partial charge in [-0.25, -0.2) is 17.6 Å². The van der Waals surface area contributed by atoms with Crippen LogP contribution in [0.25, 0.3) is 0 Å². The van der Waals surface area contributed by atoms with Crippen LogP contribution in [-0.2, 0) is 14.8 Å². The summed E-state index contributed by atoms with van der Waals surface area (Å²) < 4.78 is 38.1. The van der Waals surface area contributed by atoms with E-state index < -0.39 is 33.8 Å². The van der Waals surface area contributed by atoms with Crippen molar-refractivity contribution in [2.75, 3.05) is 11.0 Å². The van der Waals surface area contributed by atoms with Crippen molar-refractivity contribution >= 4 is 27.6 Å². The van der Waals surface area contributed by atoms with Gasteiger partial charge in [0.25, 0.3) is 5.91 Å². The number of aliphatic carboxylic acids is 1. The van der Waals surface area contributed by atoms with E-state index >= 15 is 0 Å². The number of benzene rings is 1. The first-order chi connectivity index (χ1) is 10.5. The van der Waals surface area contributed by atoms with Crippen molar-refractivity contribution < 1.29 is 27.5 Å². The van der Waals surface area contributed by atoms with Crippen molar-refractivity contribution in [3.05, 3.63) is 29.6 Å². The van der Waals surface area contributed by atoms with E-state index in [1.54, 1.807) is 13.8 Å². The van der Waals surface area contributed by atoms with Crippen LogP contribution in [-0.4, -0.2) is 37.7 Å². The fraction of sp³-hybridized carbons (Fsp3) is 0.429. The van der Waals surface area contributed by atoms with Crippen molar-refractivity contribution in [3.8, 4) is 0 Å². The molecule has 0 aliphatic rings. The molecule has 1 aromatic rings. The Hall–Kier alpha value is -2.16. The summed E-state index contributed by atoms with van der Waals surface area (Å²) in [4.78, 5) is 23.4. The van der Waals surface area contributed by atoms with Gasteiger partial charge >= 0.3 is 5.97 Å². The second kappa shape index (κ2) is 7.40. The zero-order valence-corrected chi connectivity index (χ0v) is 13.8. The molecule has 0 heterocycles. The molecule has 7 nitrogen and oxygen atoms in total. The van der Waals surface area contributed by atoms with Crippen LogP contribution in [0.3, 0.4) is 0 Å². The van der Waals surface area contributed by atoms with E-state index in [0.29, 0.717) is 0 Å². The minimum Gasteiger partial charge on any atom is -0.480 e. The number of nitrogens with one attached hydrogen (secondary N) is 2. The second-order valence-electron chi connectivity index (χ2n) is 5.56. The number of carboxylic acid groups (broad SMARTS) is 1. The van der Waals surface area contributed by atoms with Crippen LogP contribution in [0.15, 0.2) is 18.2 Å². The van der Waals surface area contributed by atoms with E-state index in [0.717, 1.165) is 24.5 Å². The predicted octanol–water partition coefficient (Wildman–Crippen LogP) is 1.43. The lowest BCUT2D eigenvalue weighted by molar-refractivity contribution is -0.139. The van der Waals surface area contributed by atoms with Gasteiger partial charge in [0.1, 0.15) is 11.9 Å². The quantitative estimate of drug-likeness (QED) is 0.691. The van der Waals surface area contributed by atoms with E-state index in [1.165, 1.54) is 0 Å². The third-order valence-corrected chi connectivity index (χ3v) is 3.42. The highest BCUT2D eigenvalue weighted by Gasteiger charge is 2.24. The molecule has 0 spiro atoms. The number of hydrogen-bond donors (Lipinski definition) is 3. The van der Waals surface area contributed by atoms with Crippen LogP contribution in [0.5, 0.6) is 0 Å². The van der Waals surface area contributed by atoms with Crippen molar-refractivity contribution in [1.29, 1.82) is 0 Å². The highest BCUT2D eigenvalue weighted by molar-refractivity contribution is 7.92. The Labute approximate surface area is 133 Å². The van der Waals surface area contributed by atoms with Gasteiger partial charge in [-0.3, -0.25) is 9.52 Å². The molecule has 0 aliphatic heterocycles. The van der Waals surface area contributed by atoms with Gasteiger partial charge in [0.15, 0.2) is 0 Å². The number of halogens is 1. The summed E-state index contributed by atoms with van der Waals surface area (Å²) in [5.74, 6) is -2.83. The highest BCUT2D eigenvalue weighted by Crippen LogP contribution is 2.19. The van der Waals surface area contributed by atoms with Crippen molar-refractivity contribution in [1.82, 2.24) is 5.32 Å².